The Morgan fingerprint density at radius 1 is 1.10 bits per heavy atom. The van der Waals surface area contributed by atoms with Crippen LogP contribution in [0.5, 0.6) is 0 Å². The predicted octanol–water partition coefficient (Wildman–Crippen LogP) is 3.78. The predicted molar refractivity (Wildman–Crippen MR) is 76.2 cm³/mol. The van der Waals surface area contributed by atoms with E-state index in [1.54, 1.807) is 6.92 Å². The SMILES string of the molecule is Cc1cc(Cl)nc(Cl)c1NS(=O)(=O)c1cc(F)cc(F)c1. The molecule has 0 saturated heterocycles. The van der Waals surface area contributed by atoms with Gasteiger partial charge in [0, 0.05) is 6.07 Å². The Labute approximate surface area is 129 Å². The van der Waals surface area contributed by atoms with Gasteiger partial charge in [-0.1, -0.05) is 23.2 Å². The molecule has 21 heavy (non-hydrogen) atoms. The van der Waals surface area contributed by atoms with Crippen LogP contribution in [0.25, 0.3) is 0 Å². The van der Waals surface area contributed by atoms with Gasteiger partial charge in [-0.25, -0.2) is 22.2 Å². The van der Waals surface area contributed by atoms with Gasteiger partial charge < -0.3 is 0 Å². The van der Waals surface area contributed by atoms with Gasteiger partial charge in [0.05, 0.1) is 10.6 Å². The average molecular weight is 353 g/mol. The van der Waals surface area contributed by atoms with Gasteiger partial charge in [0.1, 0.15) is 16.8 Å². The lowest BCUT2D eigenvalue weighted by Crippen LogP contribution is -2.15. The van der Waals surface area contributed by atoms with Gasteiger partial charge in [0.25, 0.3) is 10.0 Å². The van der Waals surface area contributed by atoms with E-state index in [1.165, 1.54) is 6.07 Å². The van der Waals surface area contributed by atoms with Gasteiger partial charge in [-0.05, 0) is 30.7 Å². The quantitative estimate of drug-likeness (QED) is 0.855. The van der Waals surface area contributed by atoms with Gasteiger partial charge in [0.15, 0.2) is 5.15 Å². The van der Waals surface area contributed by atoms with Crippen molar-refractivity contribution in [2.45, 2.75) is 11.8 Å². The highest BCUT2D eigenvalue weighted by Gasteiger charge is 2.20. The molecule has 1 N–H and O–H groups in total. The Morgan fingerprint density at radius 3 is 2.19 bits per heavy atom. The van der Waals surface area contributed by atoms with E-state index < -0.39 is 26.6 Å². The molecule has 4 nitrogen and oxygen atoms in total. The van der Waals surface area contributed by atoms with Gasteiger partial charge in [-0.15, -0.1) is 0 Å². The van der Waals surface area contributed by atoms with E-state index in [2.05, 4.69) is 9.71 Å². The molecule has 0 aliphatic carbocycles. The van der Waals surface area contributed by atoms with Crippen molar-refractivity contribution < 1.29 is 17.2 Å². The largest absolute Gasteiger partial charge is 0.276 e. The lowest BCUT2D eigenvalue weighted by atomic mass is 10.3. The molecule has 1 aromatic carbocycles. The van der Waals surface area contributed by atoms with E-state index in [0.29, 0.717) is 23.8 Å². The second-order valence-electron chi connectivity index (χ2n) is 4.14. The van der Waals surface area contributed by atoms with Crippen LogP contribution in [0.1, 0.15) is 5.56 Å². The summed E-state index contributed by atoms with van der Waals surface area (Å²) in [6.07, 6.45) is 0. The lowest BCUT2D eigenvalue weighted by molar-refractivity contribution is 0.568. The maximum atomic E-state index is 13.1. The highest BCUT2D eigenvalue weighted by atomic mass is 35.5. The van der Waals surface area contributed by atoms with E-state index in [0.717, 1.165) is 0 Å². The van der Waals surface area contributed by atoms with Crippen molar-refractivity contribution in [3.63, 3.8) is 0 Å². The number of hydrogen-bond acceptors (Lipinski definition) is 3. The second-order valence-corrected chi connectivity index (χ2v) is 6.57. The highest BCUT2D eigenvalue weighted by molar-refractivity contribution is 7.92. The number of hydrogen-bond donors (Lipinski definition) is 1. The molecule has 0 saturated carbocycles. The van der Waals surface area contributed by atoms with E-state index in [9.17, 15) is 17.2 Å². The smallest absolute Gasteiger partial charge is 0.262 e. The van der Waals surface area contributed by atoms with E-state index in [-0.39, 0.29) is 16.0 Å². The molecule has 0 spiro atoms. The minimum absolute atomic E-state index is 0.00858. The molecular weight excluding hydrogens is 345 g/mol. The molecule has 1 heterocycles. The van der Waals surface area contributed by atoms with Crippen LogP contribution in [-0.2, 0) is 10.0 Å². The summed E-state index contributed by atoms with van der Waals surface area (Å²) in [6.45, 7) is 1.56. The van der Waals surface area contributed by atoms with Crippen molar-refractivity contribution in [3.8, 4) is 0 Å². The standard InChI is InChI=1S/C12H8Cl2F2N2O2S/c1-6-2-10(13)17-12(14)11(6)18-21(19,20)9-4-7(15)3-8(16)5-9/h2-5,18H,1H3. The van der Waals surface area contributed by atoms with E-state index in [1.807, 2.05) is 0 Å². The summed E-state index contributed by atoms with van der Waals surface area (Å²) in [6, 6.07) is 3.36. The molecule has 0 aliphatic heterocycles. The molecule has 0 bridgehead atoms. The topological polar surface area (TPSA) is 59.1 Å². The third kappa shape index (κ3) is 3.61. The van der Waals surface area contributed by atoms with Crippen LogP contribution in [0.15, 0.2) is 29.2 Å². The molecule has 112 valence electrons. The summed E-state index contributed by atoms with van der Waals surface area (Å²) >= 11 is 11.5. The Hall–Kier alpha value is -1.44. The molecular formula is C12H8Cl2F2N2O2S. The number of sulfonamides is 1. The molecule has 2 aromatic rings. The first-order chi connectivity index (χ1) is 9.69. The average Bonchev–Trinajstić information content (AvgIpc) is 2.32. The zero-order valence-corrected chi connectivity index (χ0v) is 12.8. The number of rotatable bonds is 3. The normalized spacial score (nSPS) is 11.5. The van der Waals surface area contributed by atoms with Crippen molar-refractivity contribution in [2.24, 2.45) is 0 Å². The highest BCUT2D eigenvalue weighted by Crippen LogP contribution is 2.29. The van der Waals surface area contributed by atoms with Crippen LogP contribution in [0.2, 0.25) is 10.3 Å². The number of nitrogens with one attached hydrogen (secondary N) is 1. The van der Waals surface area contributed by atoms with Crippen LogP contribution >= 0.6 is 23.2 Å². The molecule has 0 aliphatic rings. The van der Waals surface area contributed by atoms with Crippen molar-refractivity contribution in [1.82, 2.24) is 4.98 Å². The Kier molecular flexibility index (Phi) is 4.36. The maximum absolute atomic E-state index is 13.1. The summed E-state index contributed by atoms with van der Waals surface area (Å²) in [5.74, 6) is -2.01. The fraction of sp³-hybridized carbons (Fsp3) is 0.0833. The van der Waals surface area contributed by atoms with Crippen LogP contribution in [-0.4, -0.2) is 13.4 Å². The van der Waals surface area contributed by atoms with Crippen LogP contribution < -0.4 is 4.72 Å². The molecule has 9 heteroatoms. The first kappa shape index (κ1) is 15.9. The first-order valence-electron chi connectivity index (χ1n) is 5.50. The van der Waals surface area contributed by atoms with Crippen LogP contribution in [0, 0.1) is 18.6 Å². The van der Waals surface area contributed by atoms with Crippen molar-refractivity contribution in [1.29, 1.82) is 0 Å². The summed E-state index contributed by atoms with van der Waals surface area (Å²) in [7, 11) is -4.21. The lowest BCUT2D eigenvalue weighted by Gasteiger charge is -2.12. The summed E-state index contributed by atoms with van der Waals surface area (Å²) in [5, 5.41) is -0.0716. The minimum Gasteiger partial charge on any atom is -0.276 e. The number of nitrogens with zero attached hydrogens (tertiary/aromatic N) is 1. The number of anilines is 1. The monoisotopic (exact) mass is 352 g/mol. The summed E-state index contributed by atoms with van der Waals surface area (Å²) < 4.78 is 52.6. The van der Waals surface area contributed by atoms with Crippen molar-refractivity contribution in [2.75, 3.05) is 4.72 Å². The third-order valence-electron chi connectivity index (χ3n) is 2.52. The zero-order valence-electron chi connectivity index (χ0n) is 10.5. The summed E-state index contributed by atoms with van der Waals surface area (Å²) in [4.78, 5) is 3.14. The van der Waals surface area contributed by atoms with E-state index >= 15 is 0 Å². The number of halogens is 4. The Bertz CT molecular complexity index is 770. The minimum atomic E-state index is -4.21. The maximum Gasteiger partial charge on any atom is 0.262 e. The molecule has 0 radical (unpaired) electrons. The fourth-order valence-electron chi connectivity index (χ4n) is 1.60. The molecule has 0 atom stereocenters. The molecule has 1 aromatic heterocycles. The molecule has 0 unspecified atom stereocenters. The fourth-order valence-corrected chi connectivity index (χ4v) is 3.41. The van der Waals surface area contributed by atoms with Crippen LogP contribution in [0.3, 0.4) is 0 Å². The summed E-state index contributed by atoms with van der Waals surface area (Å²) in [5.41, 5.74) is 0.409. The number of aromatic nitrogens is 1. The van der Waals surface area contributed by atoms with Gasteiger partial charge >= 0.3 is 0 Å². The van der Waals surface area contributed by atoms with Crippen molar-refractivity contribution in [3.05, 3.63) is 51.8 Å². The number of pyridine rings is 1. The third-order valence-corrected chi connectivity index (χ3v) is 4.32. The number of aryl methyl sites for hydroxylation is 1. The molecule has 2 rings (SSSR count). The first-order valence-corrected chi connectivity index (χ1v) is 7.74. The van der Waals surface area contributed by atoms with Gasteiger partial charge in [0.2, 0.25) is 0 Å². The van der Waals surface area contributed by atoms with Crippen LogP contribution in [0.4, 0.5) is 14.5 Å². The molecule has 0 fully saturated rings. The van der Waals surface area contributed by atoms with Crippen molar-refractivity contribution >= 4 is 38.9 Å². The Morgan fingerprint density at radius 2 is 1.67 bits per heavy atom. The molecule has 0 amide bonds. The van der Waals surface area contributed by atoms with Gasteiger partial charge in [-0.2, -0.15) is 0 Å². The second kappa shape index (κ2) is 5.75. The Balaban J connectivity index is 2.47. The van der Waals surface area contributed by atoms with Gasteiger partial charge in [-0.3, -0.25) is 4.72 Å². The zero-order chi connectivity index (χ0) is 15.8. The van der Waals surface area contributed by atoms with E-state index in [4.69, 9.17) is 23.2 Å². The number of benzene rings is 1.